The normalized spacial score (nSPS) is 14.5. The maximum absolute atomic E-state index is 12.9. The van der Waals surface area contributed by atoms with Crippen LogP contribution >= 0.6 is 11.6 Å². The first-order chi connectivity index (χ1) is 13.6. The minimum atomic E-state index is -0.0959. The number of hydrogen-bond donors (Lipinski definition) is 0. The van der Waals surface area contributed by atoms with Crippen molar-refractivity contribution in [1.29, 1.82) is 0 Å². The fraction of sp³-hybridized carbons (Fsp3) is 0.273. The number of halogens is 1. The van der Waals surface area contributed by atoms with E-state index in [1.807, 2.05) is 24.3 Å². The highest BCUT2D eigenvalue weighted by Gasteiger charge is 2.24. The Morgan fingerprint density at radius 1 is 1.14 bits per heavy atom. The van der Waals surface area contributed by atoms with Gasteiger partial charge in [0.15, 0.2) is 0 Å². The van der Waals surface area contributed by atoms with Gasteiger partial charge < -0.3 is 14.5 Å². The Kier molecular flexibility index (Phi) is 6.71. The van der Waals surface area contributed by atoms with Crippen molar-refractivity contribution < 1.29 is 14.3 Å². The van der Waals surface area contributed by atoms with Crippen molar-refractivity contribution >= 4 is 23.4 Å². The van der Waals surface area contributed by atoms with Crippen molar-refractivity contribution in [1.82, 2.24) is 9.80 Å². The largest absolute Gasteiger partial charge is 0.490 e. The van der Waals surface area contributed by atoms with Crippen LogP contribution in [-0.4, -0.2) is 47.9 Å². The zero-order valence-corrected chi connectivity index (χ0v) is 16.4. The maximum atomic E-state index is 12.9. The summed E-state index contributed by atoms with van der Waals surface area (Å²) in [5, 5.41) is 0.648. The number of carbonyl (C=O) groups excluding carboxylic acids is 2. The number of nitrogens with zero attached hydrogens (tertiary/aromatic N) is 2. The van der Waals surface area contributed by atoms with Crippen LogP contribution in [0.4, 0.5) is 0 Å². The van der Waals surface area contributed by atoms with Crippen LogP contribution in [0.15, 0.2) is 61.2 Å². The first-order valence-corrected chi connectivity index (χ1v) is 9.60. The van der Waals surface area contributed by atoms with E-state index < -0.39 is 0 Å². The van der Waals surface area contributed by atoms with Crippen molar-refractivity contribution in [3.8, 4) is 5.75 Å². The van der Waals surface area contributed by atoms with E-state index in [1.165, 1.54) is 0 Å². The van der Waals surface area contributed by atoms with Crippen molar-refractivity contribution in [2.24, 2.45) is 0 Å². The van der Waals surface area contributed by atoms with Crippen LogP contribution in [0.2, 0.25) is 5.02 Å². The molecule has 2 aromatic rings. The Morgan fingerprint density at radius 2 is 1.96 bits per heavy atom. The fourth-order valence-corrected chi connectivity index (χ4v) is 3.36. The van der Waals surface area contributed by atoms with Gasteiger partial charge in [0.25, 0.3) is 5.91 Å². The van der Waals surface area contributed by atoms with Gasteiger partial charge in [-0.25, -0.2) is 0 Å². The standard InChI is InChI=1S/C22H23ClN2O3/c1-2-13-28-20-8-4-6-18(15-20)22(27)24-10-9-21(26)25(12-11-24)16-17-5-3-7-19(23)14-17/h2-8,14-15H,1,9-13,16H2. The number of hydrogen-bond acceptors (Lipinski definition) is 3. The molecule has 2 aromatic carbocycles. The predicted octanol–water partition coefficient (Wildman–Crippen LogP) is 3.78. The van der Waals surface area contributed by atoms with Crippen LogP contribution in [0, 0.1) is 0 Å². The number of carbonyl (C=O) groups is 2. The second-order valence-corrected chi connectivity index (χ2v) is 7.05. The van der Waals surface area contributed by atoms with Crippen LogP contribution in [0.25, 0.3) is 0 Å². The summed E-state index contributed by atoms with van der Waals surface area (Å²) in [5.74, 6) is 0.569. The molecule has 1 aliphatic heterocycles. The zero-order chi connectivity index (χ0) is 19.9. The average Bonchev–Trinajstić information content (AvgIpc) is 2.88. The molecule has 0 saturated carbocycles. The molecule has 5 nitrogen and oxygen atoms in total. The molecular formula is C22H23ClN2O3. The summed E-state index contributed by atoms with van der Waals surface area (Å²) >= 11 is 6.04. The molecule has 0 bridgehead atoms. The van der Waals surface area contributed by atoms with Gasteiger partial charge in [-0.2, -0.15) is 0 Å². The van der Waals surface area contributed by atoms with Crippen molar-refractivity contribution in [3.63, 3.8) is 0 Å². The molecule has 0 aliphatic carbocycles. The fourth-order valence-electron chi connectivity index (χ4n) is 3.15. The monoisotopic (exact) mass is 398 g/mol. The average molecular weight is 399 g/mol. The van der Waals surface area contributed by atoms with E-state index in [4.69, 9.17) is 16.3 Å². The summed E-state index contributed by atoms with van der Waals surface area (Å²) in [7, 11) is 0. The predicted molar refractivity (Wildman–Crippen MR) is 110 cm³/mol. The topological polar surface area (TPSA) is 49.9 Å². The lowest BCUT2D eigenvalue weighted by atomic mass is 10.2. The van der Waals surface area contributed by atoms with Crippen LogP contribution in [0.3, 0.4) is 0 Å². The molecule has 146 valence electrons. The molecule has 2 amide bonds. The van der Waals surface area contributed by atoms with Gasteiger partial charge >= 0.3 is 0 Å². The van der Waals surface area contributed by atoms with Crippen molar-refractivity contribution in [2.45, 2.75) is 13.0 Å². The summed E-state index contributed by atoms with van der Waals surface area (Å²) in [6, 6.07) is 14.6. The first-order valence-electron chi connectivity index (χ1n) is 9.22. The molecule has 0 aromatic heterocycles. The summed E-state index contributed by atoms with van der Waals surface area (Å²) in [6.07, 6.45) is 1.96. The van der Waals surface area contributed by atoms with Gasteiger partial charge in [0, 0.05) is 43.2 Å². The van der Waals surface area contributed by atoms with Gasteiger partial charge in [0.1, 0.15) is 12.4 Å². The van der Waals surface area contributed by atoms with Gasteiger partial charge in [0.2, 0.25) is 5.91 Å². The molecule has 0 unspecified atom stereocenters. The molecule has 0 spiro atoms. The van der Waals surface area contributed by atoms with Gasteiger partial charge in [-0.1, -0.05) is 42.5 Å². The lowest BCUT2D eigenvalue weighted by molar-refractivity contribution is -0.130. The van der Waals surface area contributed by atoms with Crippen molar-refractivity contribution in [2.75, 3.05) is 26.2 Å². The molecular weight excluding hydrogens is 376 g/mol. The Hall–Kier alpha value is -2.79. The Balaban J connectivity index is 1.66. The molecule has 6 heteroatoms. The van der Waals surface area contributed by atoms with E-state index in [9.17, 15) is 9.59 Å². The third-order valence-electron chi connectivity index (χ3n) is 4.59. The summed E-state index contributed by atoms with van der Waals surface area (Å²) in [4.78, 5) is 28.9. The first kappa shape index (κ1) is 20.0. The zero-order valence-electron chi connectivity index (χ0n) is 15.6. The molecule has 1 heterocycles. The van der Waals surface area contributed by atoms with E-state index in [0.717, 1.165) is 5.56 Å². The smallest absolute Gasteiger partial charge is 0.254 e. The molecule has 0 N–H and O–H groups in total. The van der Waals surface area contributed by atoms with Gasteiger partial charge in [-0.15, -0.1) is 0 Å². The van der Waals surface area contributed by atoms with Crippen LogP contribution < -0.4 is 4.74 Å². The van der Waals surface area contributed by atoms with Crippen LogP contribution in [-0.2, 0) is 11.3 Å². The second-order valence-electron chi connectivity index (χ2n) is 6.61. The number of amides is 2. The third kappa shape index (κ3) is 5.14. The van der Waals surface area contributed by atoms with Gasteiger partial charge in [-0.05, 0) is 35.9 Å². The van der Waals surface area contributed by atoms with E-state index in [2.05, 4.69) is 6.58 Å². The van der Waals surface area contributed by atoms with Gasteiger partial charge in [-0.3, -0.25) is 9.59 Å². The van der Waals surface area contributed by atoms with Gasteiger partial charge in [0.05, 0.1) is 0 Å². The minimum Gasteiger partial charge on any atom is -0.490 e. The van der Waals surface area contributed by atoms with E-state index in [0.29, 0.717) is 55.5 Å². The van der Waals surface area contributed by atoms with Crippen LogP contribution in [0.5, 0.6) is 5.75 Å². The highest BCUT2D eigenvalue weighted by Crippen LogP contribution is 2.18. The number of rotatable bonds is 6. The second kappa shape index (κ2) is 9.42. The van der Waals surface area contributed by atoms with E-state index in [1.54, 1.807) is 40.1 Å². The van der Waals surface area contributed by atoms with Crippen LogP contribution in [0.1, 0.15) is 22.3 Å². The number of ether oxygens (including phenoxy) is 1. The third-order valence-corrected chi connectivity index (χ3v) is 4.82. The lowest BCUT2D eigenvalue weighted by Crippen LogP contribution is -2.35. The Labute approximate surface area is 170 Å². The molecule has 1 fully saturated rings. The molecule has 0 radical (unpaired) electrons. The molecule has 1 saturated heterocycles. The maximum Gasteiger partial charge on any atom is 0.254 e. The Morgan fingerprint density at radius 3 is 2.75 bits per heavy atom. The van der Waals surface area contributed by atoms with E-state index in [-0.39, 0.29) is 11.8 Å². The highest BCUT2D eigenvalue weighted by molar-refractivity contribution is 6.30. The molecule has 1 aliphatic rings. The number of benzene rings is 2. The Bertz CT molecular complexity index is 868. The summed E-state index contributed by atoms with van der Waals surface area (Å²) in [5.41, 5.74) is 1.53. The molecule has 28 heavy (non-hydrogen) atoms. The lowest BCUT2D eigenvalue weighted by Gasteiger charge is -2.22. The van der Waals surface area contributed by atoms with E-state index >= 15 is 0 Å². The highest BCUT2D eigenvalue weighted by atomic mass is 35.5. The minimum absolute atomic E-state index is 0.0401. The summed E-state index contributed by atoms with van der Waals surface area (Å²) in [6.45, 7) is 5.88. The summed E-state index contributed by atoms with van der Waals surface area (Å²) < 4.78 is 5.51. The molecule has 0 atom stereocenters. The van der Waals surface area contributed by atoms with Crippen molar-refractivity contribution in [3.05, 3.63) is 77.3 Å². The SMILES string of the molecule is C=CCOc1cccc(C(=O)N2CCC(=O)N(Cc3cccc(Cl)c3)CC2)c1. The molecule has 3 rings (SSSR count). The quantitative estimate of drug-likeness (QED) is 0.696.